The van der Waals surface area contributed by atoms with E-state index in [1.807, 2.05) is 18.2 Å². The molecule has 3 heteroatoms. The van der Waals surface area contributed by atoms with Gasteiger partial charge in [-0.1, -0.05) is 30.3 Å². The molecule has 21 heavy (non-hydrogen) atoms. The van der Waals surface area contributed by atoms with Gasteiger partial charge in [0.25, 0.3) is 0 Å². The van der Waals surface area contributed by atoms with E-state index in [4.69, 9.17) is 0 Å². The summed E-state index contributed by atoms with van der Waals surface area (Å²) >= 11 is 0. The number of hydrogen-bond acceptors (Lipinski definition) is 2. The van der Waals surface area contributed by atoms with Crippen LogP contribution in [-0.2, 0) is 10.2 Å². The van der Waals surface area contributed by atoms with Crippen molar-refractivity contribution in [3.05, 3.63) is 35.9 Å². The fraction of sp³-hybridized carbons (Fsp3) is 0.611. The summed E-state index contributed by atoms with van der Waals surface area (Å²) in [5.74, 6) is 0.331. The average Bonchev–Trinajstić information content (AvgIpc) is 3.15. The van der Waals surface area contributed by atoms with Crippen molar-refractivity contribution >= 4 is 5.91 Å². The summed E-state index contributed by atoms with van der Waals surface area (Å²) in [6, 6.07) is 11.1. The van der Waals surface area contributed by atoms with E-state index in [9.17, 15) is 4.79 Å². The maximum atomic E-state index is 13.2. The molecule has 2 fully saturated rings. The zero-order chi connectivity index (χ0) is 14.9. The van der Waals surface area contributed by atoms with Gasteiger partial charge in [0.1, 0.15) is 0 Å². The zero-order valence-corrected chi connectivity index (χ0v) is 13.1. The highest BCUT2D eigenvalue weighted by molar-refractivity contribution is 5.91. The van der Waals surface area contributed by atoms with E-state index in [2.05, 4.69) is 36.2 Å². The van der Waals surface area contributed by atoms with Crippen molar-refractivity contribution in [3.8, 4) is 0 Å². The molecule has 0 radical (unpaired) electrons. The van der Waals surface area contributed by atoms with Gasteiger partial charge in [-0.15, -0.1) is 0 Å². The molecule has 0 bridgehead atoms. The lowest BCUT2D eigenvalue weighted by molar-refractivity contribution is -0.136. The standard InChI is InChI=1S/C18H26N2O/c1-14(2)20(13-16-9-6-12-19-16)17(21)18(10-11-18)15-7-4-3-5-8-15/h3-5,7-8,14,16,19H,6,9-13H2,1-2H3. The van der Waals surface area contributed by atoms with Crippen LogP contribution in [0.15, 0.2) is 30.3 Å². The predicted octanol–water partition coefficient (Wildman–Crippen LogP) is 2.71. The Morgan fingerprint density at radius 1 is 1.33 bits per heavy atom. The fourth-order valence-corrected chi connectivity index (χ4v) is 3.46. The smallest absolute Gasteiger partial charge is 0.233 e. The van der Waals surface area contributed by atoms with Crippen molar-refractivity contribution in [2.45, 2.75) is 57.0 Å². The zero-order valence-electron chi connectivity index (χ0n) is 13.1. The molecule has 1 saturated carbocycles. The third-order valence-corrected chi connectivity index (χ3v) is 4.95. The Labute approximate surface area is 127 Å². The third-order valence-electron chi connectivity index (χ3n) is 4.95. The Morgan fingerprint density at radius 3 is 2.57 bits per heavy atom. The summed E-state index contributed by atoms with van der Waals surface area (Å²) in [6.45, 7) is 6.21. The van der Waals surface area contributed by atoms with Crippen LogP contribution < -0.4 is 5.32 Å². The van der Waals surface area contributed by atoms with Gasteiger partial charge in [0.05, 0.1) is 5.41 Å². The Kier molecular flexibility index (Phi) is 4.03. The Morgan fingerprint density at radius 2 is 2.05 bits per heavy atom. The second-order valence-corrected chi connectivity index (χ2v) is 6.79. The van der Waals surface area contributed by atoms with Gasteiger partial charge >= 0.3 is 0 Å². The van der Waals surface area contributed by atoms with Gasteiger partial charge in [0, 0.05) is 18.6 Å². The second-order valence-electron chi connectivity index (χ2n) is 6.79. The van der Waals surface area contributed by atoms with Gasteiger partial charge in [-0.3, -0.25) is 4.79 Å². The van der Waals surface area contributed by atoms with E-state index in [1.54, 1.807) is 0 Å². The lowest BCUT2D eigenvalue weighted by Gasteiger charge is -2.33. The van der Waals surface area contributed by atoms with Crippen molar-refractivity contribution < 1.29 is 4.79 Å². The highest BCUT2D eigenvalue weighted by atomic mass is 16.2. The summed E-state index contributed by atoms with van der Waals surface area (Å²) in [4.78, 5) is 15.3. The van der Waals surface area contributed by atoms with Crippen LogP contribution in [0.1, 0.15) is 45.1 Å². The van der Waals surface area contributed by atoms with Crippen LogP contribution in [0.5, 0.6) is 0 Å². The molecule has 1 saturated heterocycles. The van der Waals surface area contributed by atoms with Gasteiger partial charge in [0.2, 0.25) is 5.91 Å². The van der Waals surface area contributed by atoms with Crippen LogP contribution in [0.3, 0.4) is 0 Å². The molecular weight excluding hydrogens is 260 g/mol. The number of carbonyl (C=O) groups excluding carboxylic acids is 1. The predicted molar refractivity (Wildman–Crippen MR) is 85.2 cm³/mol. The molecule has 1 unspecified atom stereocenters. The van der Waals surface area contributed by atoms with Crippen LogP contribution in [0.25, 0.3) is 0 Å². The number of rotatable bonds is 5. The number of benzene rings is 1. The van der Waals surface area contributed by atoms with E-state index >= 15 is 0 Å². The highest BCUT2D eigenvalue weighted by Crippen LogP contribution is 2.49. The summed E-state index contributed by atoms with van der Waals surface area (Å²) in [5, 5.41) is 3.51. The van der Waals surface area contributed by atoms with Gasteiger partial charge in [-0.2, -0.15) is 0 Å². The summed E-state index contributed by atoms with van der Waals surface area (Å²) in [7, 11) is 0. The maximum absolute atomic E-state index is 13.2. The molecule has 3 rings (SSSR count). The van der Waals surface area contributed by atoms with E-state index in [-0.39, 0.29) is 11.5 Å². The summed E-state index contributed by atoms with van der Waals surface area (Å²) in [6.07, 6.45) is 4.41. The molecule has 1 aromatic rings. The summed E-state index contributed by atoms with van der Waals surface area (Å²) in [5.41, 5.74) is 0.962. The largest absolute Gasteiger partial charge is 0.338 e. The average molecular weight is 286 g/mol. The van der Waals surface area contributed by atoms with Gasteiger partial charge in [-0.05, 0) is 51.6 Å². The molecule has 1 aromatic carbocycles. The molecule has 0 spiro atoms. The molecule has 1 atom stereocenters. The Hall–Kier alpha value is -1.35. The van der Waals surface area contributed by atoms with Crippen molar-refractivity contribution in [2.75, 3.05) is 13.1 Å². The van der Waals surface area contributed by atoms with E-state index in [0.29, 0.717) is 11.9 Å². The Balaban J connectivity index is 1.77. The normalized spacial score (nSPS) is 23.3. The minimum absolute atomic E-state index is 0.232. The number of carbonyl (C=O) groups is 1. The molecule has 1 N–H and O–H groups in total. The topological polar surface area (TPSA) is 32.3 Å². The molecule has 2 aliphatic rings. The molecular formula is C18H26N2O. The van der Waals surface area contributed by atoms with Gasteiger partial charge in [0.15, 0.2) is 0 Å². The third kappa shape index (κ3) is 2.84. The van der Waals surface area contributed by atoms with E-state index < -0.39 is 0 Å². The monoisotopic (exact) mass is 286 g/mol. The van der Waals surface area contributed by atoms with Crippen LogP contribution in [-0.4, -0.2) is 36.0 Å². The van der Waals surface area contributed by atoms with E-state index in [1.165, 1.54) is 18.4 Å². The van der Waals surface area contributed by atoms with Gasteiger partial charge < -0.3 is 10.2 Å². The van der Waals surface area contributed by atoms with Crippen molar-refractivity contribution in [3.63, 3.8) is 0 Å². The lowest BCUT2D eigenvalue weighted by Crippen LogP contribution is -2.48. The minimum Gasteiger partial charge on any atom is -0.338 e. The first-order chi connectivity index (χ1) is 10.1. The molecule has 3 nitrogen and oxygen atoms in total. The lowest BCUT2D eigenvalue weighted by atomic mass is 9.93. The van der Waals surface area contributed by atoms with Crippen LogP contribution in [0.4, 0.5) is 0 Å². The SMILES string of the molecule is CC(C)N(CC1CCCN1)C(=O)C1(c2ccccc2)CC1. The number of nitrogens with zero attached hydrogens (tertiary/aromatic N) is 1. The van der Waals surface area contributed by atoms with Crippen LogP contribution in [0.2, 0.25) is 0 Å². The van der Waals surface area contributed by atoms with Crippen molar-refractivity contribution in [2.24, 2.45) is 0 Å². The Bertz CT molecular complexity index is 487. The van der Waals surface area contributed by atoms with Gasteiger partial charge in [-0.25, -0.2) is 0 Å². The molecule has 1 aliphatic heterocycles. The van der Waals surface area contributed by atoms with Crippen LogP contribution >= 0.6 is 0 Å². The van der Waals surface area contributed by atoms with Crippen LogP contribution in [0, 0.1) is 0 Å². The molecule has 0 aromatic heterocycles. The molecule has 1 amide bonds. The first-order valence-electron chi connectivity index (χ1n) is 8.23. The number of nitrogens with one attached hydrogen (secondary N) is 1. The molecule has 1 aliphatic carbocycles. The fourth-order valence-electron chi connectivity index (χ4n) is 3.46. The second kappa shape index (κ2) is 5.80. The quantitative estimate of drug-likeness (QED) is 0.902. The minimum atomic E-state index is -0.232. The van der Waals surface area contributed by atoms with Crippen molar-refractivity contribution in [1.82, 2.24) is 10.2 Å². The van der Waals surface area contributed by atoms with Crippen molar-refractivity contribution in [1.29, 1.82) is 0 Å². The molecule has 1 heterocycles. The highest BCUT2D eigenvalue weighted by Gasteiger charge is 2.53. The number of amides is 1. The van der Waals surface area contributed by atoms with E-state index in [0.717, 1.165) is 25.9 Å². The number of hydrogen-bond donors (Lipinski definition) is 1. The first-order valence-corrected chi connectivity index (χ1v) is 8.23. The molecule has 114 valence electrons. The maximum Gasteiger partial charge on any atom is 0.233 e. The summed E-state index contributed by atoms with van der Waals surface area (Å²) < 4.78 is 0. The first kappa shape index (κ1) is 14.6.